The minimum Gasteiger partial charge on any atom is -0.450 e. The SMILES string of the molecule is C[C@@H](NC(=O)COC(=O)c1cc(=O)c2ccccc2o1)c1ccc(F)cc1F. The van der Waals surface area contributed by atoms with E-state index < -0.39 is 41.6 Å². The summed E-state index contributed by atoms with van der Waals surface area (Å²) < 4.78 is 36.9. The van der Waals surface area contributed by atoms with Crippen molar-refractivity contribution in [2.24, 2.45) is 0 Å². The van der Waals surface area contributed by atoms with Crippen LogP contribution in [-0.4, -0.2) is 18.5 Å². The third kappa shape index (κ3) is 4.22. The van der Waals surface area contributed by atoms with E-state index in [4.69, 9.17) is 9.15 Å². The number of para-hydroxylation sites is 1. The summed E-state index contributed by atoms with van der Waals surface area (Å²) in [5, 5.41) is 2.75. The third-order valence-corrected chi connectivity index (χ3v) is 3.98. The molecule has 0 saturated carbocycles. The largest absolute Gasteiger partial charge is 0.450 e. The Labute approximate surface area is 157 Å². The molecule has 1 aromatic heterocycles. The highest BCUT2D eigenvalue weighted by atomic mass is 19.1. The number of hydrogen-bond acceptors (Lipinski definition) is 5. The number of halogens is 2. The minimum absolute atomic E-state index is 0.0848. The monoisotopic (exact) mass is 387 g/mol. The van der Waals surface area contributed by atoms with Crippen LogP contribution in [0.3, 0.4) is 0 Å². The molecule has 6 nitrogen and oxygen atoms in total. The van der Waals surface area contributed by atoms with E-state index in [2.05, 4.69) is 5.32 Å². The van der Waals surface area contributed by atoms with E-state index in [9.17, 15) is 23.2 Å². The zero-order chi connectivity index (χ0) is 20.3. The van der Waals surface area contributed by atoms with Crippen molar-refractivity contribution in [2.45, 2.75) is 13.0 Å². The average molecular weight is 387 g/mol. The van der Waals surface area contributed by atoms with Gasteiger partial charge in [-0.2, -0.15) is 0 Å². The normalized spacial score (nSPS) is 11.8. The Balaban J connectivity index is 1.63. The maximum Gasteiger partial charge on any atom is 0.374 e. The zero-order valence-corrected chi connectivity index (χ0v) is 14.7. The van der Waals surface area contributed by atoms with Crippen molar-refractivity contribution in [1.29, 1.82) is 0 Å². The lowest BCUT2D eigenvalue weighted by atomic mass is 10.1. The molecule has 0 fully saturated rings. The standard InChI is InChI=1S/C20H15F2NO5/c1-11(13-7-6-12(21)8-15(13)22)23-19(25)10-27-20(26)18-9-16(24)14-4-2-3-5-17(14)28-18/h2-9,11H,10H2,1H3,(H,23,25)/t11-/m1/s1. The zero-order valence-electron chi connectivity index (χ0n) is 14.7. The number of benzene rings is 2. The van der Waals surface area contributed by atoms with Crippen LogP contribution < -0.4 is 10.7 Å². The molecule has 0 saturated heterocycles. The highest BCUT2D eigenvalue weighted by molar-refractivity contribution is 5.90. The second-order valence-corrected chi connectivity index (χ2v) is 6.00. The van der Waals surface area contributed by atoms with Crippen LogP contribution in [0.2, 0.25) is 0 Å². The highest BCUT2D eigenvalue weighted by Gasteiger charge is 2.18. The Kier molecular flexibility index (Phi) is 5.49. The fourth-order valence-corrected chi connectivity index (χ4v) is 2.62. The Morgan fingerprint density at radius 2 is 1.89 bits per heavy atom. The molecule has 0 aliphatic rings. The van der Waals surface area contributed by atoms with Gasteiger partial charge in [-0.1, -0.05) is 18.2 Å². The van der Waals surface area contributed by atoms with Crippen LogP contribution in [0.4, 0.5) is 8.78 Å². The predicted molar refractivity (Wildman–Crippen MR) is 95.7 cm³/mol. The fourth-order valence-electron chi connectivity index (χ4n) is 2.62. The Bertz CT molecular complexity index is 1110. The van der Waals surface area contributed by atoms with Gasteiger partial charge in [-0.25, -0.2) is 13.6 Å². The molecular formula is C20H15F2NO5. The number of esters is 1. The molecule has 3 rings (SSSR count). The molecule has 0 bridgehead atoms. The van der Waals surface area contributed by atoms with Crippen molar-refractivity contribution < 1.29 is 27.5 Å². The van der Waals surface area contributed by atoms with Gasteiger partial charge in [0.1, 0.15) is 17.2 Å². The lowest BCUT2D eigenvalue weighted by Crippen LogP contribution is -2.31. The first-order chi connectivity index (χ1) is 13.3. The molecule has 1 amide bonds. The molecule has 0 unspecified atom stereocenters. The van der Waals surface area contributed by atoms with E-state index in [1.165, 1.54) is 19.1 Å². The molecular weight excluding hydrogens is 372 g/mol. The van der Waals surface area contributed by atoms with Crippen LogP contribution in [0.1, 0.15) is 29.1 Å². The molecule has 144 valence electrons. The van der Waals surface area contributed by atoms with Gasteiger partial charge in [0.05, 0.1) is 11.4 Å². The van der Waals surface area contributed by atoms with Crippen LogP contribution in [0.15, 0.2) is 57.7 Å². The van der Waals surface area contributed by atoms with Crippen molar-refractivity contribution in [3.05, 3.63) is 81.7 Å². The van der Waals surface area contributed by atoms with Gasteiger partial charge in [-0.3, -0.25) is 9.59 Å². The van der Waals surface area contributed by atoms with E-state index >= 15 is 0 Å². The Morgan fingerprint density at radius 3 is 2.64 bits per heavy atom. The summed E-state index contributed by atoms with van der Waals surface area (Å²) in [6.45, 7) is 0.834. The van der Waals surface area contributed by atoms with Gasteiger partial charge in [-0.05, 0) is 25.1 Å². The van der Waals surface area contributed by atoms with Crippen molar-refractivity contribution >= 4 is 22.8 Å². The smallest absolute Gasteiger partial charge is 0.374 e. The molecule has 1 N–H and O–H groups in total. The quantitative estimate of drug-likeness (QED) is 0.680. The van der Waals surface area contributed by atoms with E-state index in [-0.39, 0.29) is 16.9 Å². The lowest BCUT2D eigenvalue weighted by Gasteiger charge is -2.15. The van der Waals surface area contributed by atoms with Crippen LogP contribution in [0.5, 0.6) is 0 Å². The number of hydrogen-bond donors (Lipinski definition) is 1. The first-order valence-corrected chi connectivity index (χ1v) is 8.29. The molecule has 8 heteroatoms. The van der Waals surface area contributed by atoms with E-state index in [0.717, 1.165) is 12.1 Å². The predicted octanol–water partition coefficient (Wildman–Crippen LogP) is 3.11. The summed E-state index contributed by atoms with van der Waals surface area (Å²) in [5.41, 5.74) is -0.118. The van der Waals surface area contributed by atoms with E-state index in [0.29, 0.717) is 11.5 Å². The molecule has 1 atom stereocenters. The summed E-state index contributed by atoms with van der Waals surface area (Å²) in [5.74, 6) is -3.56. The molecule has 1 heterocycles. The molecule has 28 heavy (non-hydrogen) atoms. The Hall–Kier alpha value is -3.55. The molecule has 0 aliphatic carbocycles. The molecule has 0 aliphatic heterocycles. The van der Waals surface area contributed by atoms with Crippen LogP contribution in [0.25, 0.3) is 11.0 Å². The summed E-state index contributed by atoms with van der Waals surface area (Å²) in [6.07, 6.45) is 0. The number of nitrogens with one attached hydrogen (secondary N) is 1. The molecule has 0 radical (unpaired) electrons. The lowest BCUT2D eigenvalue weighted by molar-refractivity contribution is -0.124. The molecule has 3 aromatic rings. The summed E-state index contributed by atoms with van der Waals surface area (Å²) in [4.78, 5) is 36.0. The number of carbonyl (C=O) groups excluding carboxylic acids is 2. The molecule has 0 spiro atoms. The first-order valence-electron chi connectivity index (χ1n) is 8.29. The van der Waals surface area contributed by atoms with Gasteiger partial charge < -0.3 is 14.5 Å². The maximum atomic E-state index is 13.7. The third-order valence-electron chi connectivity index (χ3n) is 3.98. The molecule has 2 aromatic carbocycles. The van der Waals surface area contributed by atoms with Crippen LogP contribution in [0, 0.1) is 11.6 Å². The van der Waals surface area contributed by atoms with Gasteiger partial charge in [0.15, 0.2) is 12.0 Å². The maximum absolute atomic E-state index is 13.7. The van der Waals surface area contributed by atoms with Crippen molar-refractivity contribution in [2.75, 3.05) is 6.61 Å². The van der Waals surface area contributed by atoms with Gasteiger partial charge in [0.25, 0.3) is 5.91 Å². The highest BCUT2D eigenvalue weighted by Crippen LogP contribution is 2.17. The number of fused-ring (bicyclic) bond motifs is 1. The number of amides is 1. The van der Waals surface area contributed by atoms with E-state index in [1.807, 2.05) is 0 Å². The summed E-state index contributed by atoms with van der Waals surface area (Å²) in [6, 6.07) is 9.59. The van der Waals surface area contributed by atoms with E-state index in [1.54, 1.807) is 18.2 Å². The second-order valence-electron chi connectivity index (χ2n) is 6.00. The fraction of sp³-hybridized carbons (Fsp3) is 0.150. The number of ether oxygens (including phenoxy) is 1. The van der Waals surface area contributed by atoms with Gasteiger partial charge in [0, 0.05) is 17.7 Å². The Morgan fingerprint density at radius 1 is 1.14 bits per heavy atom. The average Bonchev–Trinajstić information content (AvgIpc) is 2.66. The van der Waals surface area contributed by atoms with Crippen molar-refractivity contribution in [3.63, 3.8) is 0 Å². The summed E-state index contributed by atoms with van der Waals surface area (Å²) >= 11 is 0. The first kappa shape index (κ1) is 19.2. The van der Waals surface area contributed by atoms with Crippen LogP contribution >= 0.6 is 0 Å². The second kappa shape index (κ2) is 7.99. The topological polar surface area (TPSA) is 85.6 Å². The minimum atomic E-state index is -0.987. The van der Waals surface area contributed by atoms with Gasteiger partial charge in [0.2, 0.25) is 5.76 Å². The van der Waals surface area contributed by atoms with Gasteiger partial charge >= 0.3 is 5.97 Å². The van der Waals surface area contributed by atoms with Crippen molar-refractivity contribution in [3.8, 4) is 0 Å². The number of carbonyl (C=O) groups is 2. The van der Waals surface area contributed by atoms with Crippen molar-refractivity contribution in [1.82, 2.24) is 5.32 Å². The van der Waals surface area contributed by atoms with Crippen LogP contribution in [-0.2, 0) is 9.53 Å². The number of rotatable bonds is 5. The van der Waals surface area contributed by atoms with Gasteiger partial charge in [-0.15, -0.1) is 0 Å². The summed E-state index contributed by atoms with van der Waals surface area (Å²) in [7, 11) is 0.